The van der Waals surface area contributed by atoms with Gasteiger partial charge in [-0.1, -0.05) is 34.8 Å². The van der Waals surface area contributed by atoms with Crippen molar-refractivity contribution in [2.75, 3.05) is 13.2 Å². The van der Waals surface area contributed by atoms with E-state index in [2.05, 4.69) is 4.74 Å². The Morgan fingerprint density at radius 1 is 1.29 bits per heavy atom. The highest BCUT2D eigenvalue weighted by atomic mass is 35.6. The van der Waals surface area contributed by atoms with Gasteiger partial charge in [0, 0.05) is 0 Å². The Hall–Kier alpha value is 0.290. The molecule has 0 aromatic carbocycles. The van der Waals surface area contributed by atoms with Crippen LogP contribution in [0.15, 0.2) is 0 Å². The fourth-order valence-corrected chi connectivity index (χ4v) is 3.82. The van der Waals surface area contributed by atoms with Crippen molar-refractivity contribution in [3.63, 3.8) is 0 Å². The molecule has 0 spiro atoms. The third-order valence-corrected chi connectivity index (χ3v) is 4.77. The molecule has 17 heavy (non-hydrogen) atoms. The Bertz CT molecular complexity index is 298. The molecule has 0 aliphatic rings. The van der Waals surface area contributed by atoms with Gasteiger partial charge in [0.05, 0.1) is 13.2 Å². The molecule has 6 nitrogen and oxygen atoms in total. The van der Waals surface area contributed by atoms with Crippen molar-refractivity contribution in [2.24, 2.45) is 5.73 Å². The van der Waals surface area contributed by atoms with Gasteiger partial charge < -0.3 is 19.5 Å². The number of carbonyl (C=O) groups is 1. The van der Waals surface area contributed by atoms with Gasteiger partial charge in [-0.05, 0) is 13.8 Å². The van der Waals surface area contributed by atoms with Gasteiger partial charge in [0.25, 0.3) is 5.85 Å². The summed E-state index contributed by atoms with van der Waals surface area (Å²) in [5.74, 6) is -1.72. The van der Waals surface area contributed by atoms with Gasteiger partial charge in [0.15, 0.2) is 0 Å². The van der Waals surface area contributed by atoms with E-state index in [1.165, 1.54) is 0 Å². The van der Waals surface area contributed by atoms with E-state index in [-0.39, 0.29) is 13.2 Å². The summed E-state index contributed by atoms with van der Waals surface area (Å²) in [7, 11) is -3.92. The van der Waals surface area contributed by atoms with Gasteiger partial charge in [-0.3, -0.25) is 4.57 Å². The number of amides is 1. The molecule has 0 bridgehead atoms. The number of hydrogen-bond acceptors (Lipinski definition) is 5. The summed E-state index contributed by atoms with van der Waals surface area (Å²) in [5, 5.41) is 0. The molecule has 10 heteroatoms. The summed E-state index contributed by atoms with van der Waals surface area (Å²) < 4.78 is 24.4. The van der Waals surface area contributed by atoms with Crippen molar-refractivity contribution in [1.29, 1.82) is 0 Å². The highest BCUT2D eigenvalue weighted by Gasteiger charge is 2.51. The quantitative estimate of drug-likeness (QED) is 0.598. The topological polar surface area (TPSA) is 87.8 Å². The Balaban J connectivity index is 5.21. The summed E-state index contributed by atoms with van der Waals surface area (Å²) in [6.45, 7) is 3.17. The van der Waals surface area contributed by atoms with E-state index in [0.29, 0.717) is 0 Å². The summed E-state index contributed by atoms with van der Waals surface area (Å²) in [4.78, 5) is 10.7. The lowest BCUT2D eigenvalue weighted by Crippen LogP contribution is -2.34. The van der Waals surface area contributed by atoms with E-state index in [0.717, 1.165) is 0 Å². The summed E-state index contributed by atoms with van der Waals surface area (Å²) >= 11 is 16.7. The molecule has 0 radical (unpaired) electrons. The zero-order chi connectivity index (χ0) is 13.7. The average molecular weight is 329 g/mol. The lowest BCUT2D eigenvalue weighted by molar-refractivity contribution is 0.110. The Labute approximate surface area is 114 Å². The van der Waals surface area contributed by atoms with Gasteiger partial charge in [-0.25, -0.2) is 4.79 Å². The monoisotopic (exact) mass is 327 g/mol. The van der Waals surface area contributed by atoms with E-state index < -0.39 is 23.3 Å². The highest BCUT2D eigenvalue weighted by molar-refractivity contribution is 7.55. The maximum atomic E-state index is 12.3. The van der Waals surface area contributed by atoms with Crippen molar-refractivity contribution in [3.8, 4) is 0 Å². The SMILES string of the molecule is CCOP(=O)(OCC)C(OC(N)=O)C(Cl)(Cl)Cl. The second-order valence-electron chi connectivity index (χ2n) is 2.71. The van der Waals surface area contributed by atoms with E-state index >= 15 is 0 Å². The molecule has 1 amide bonds. The smallest absolute Gasteiger partial charge is 0.405 e. The first-order chi connectivity index (χ1) is 7.67. The molecule has 0 heterocycles. The minimum Gasteiger partial charge on any atom is -0.429 e. The first kappa shape index (κ1) is 17.3. The van der Waals surface area contributed by atoms with Gasteiger partial charge in [-0.2, -0.15) is 0 Å². The van der Waals surface area contributed by atoms with Crippen LogP contribution in [0.1, 0.15) is 13.8 Å². The number of carbonyl (C=O) groups excluding carboxylic acids is 1. The van der Waals surface area contributed by atoms with E-state index in [1.54, 1.807) is 13.8 Å². The summed E-state index contributed by atoms with van der Waals surface area (Å²) in [5.41, 5.74) is 4.81. The molecule has 2 N–H and O–H groups in total. The Kier molecular flexibility index (Phi) is 7.14. The molecular formula is C7H13Cl3NO5P. The van der Waals surface area contributed by atoms with Crippen molar-refractivity contribution in [2.45, 2.75) is 23.5 Å². The zero-order valence-electron chi connectivity index (χ0n) is 9.19. The molecule has 0 saturated carbocycles. The molecule has 0 aliphatic carbocycles. The van der Waals surface area contributed by atoms with Gasteiger partial charge in [0.1, 0.15) is 0 Å². The third-order valence-electron chi connectivity index (χ3n) is 1.41. The van der Waals surface area contributed by atoms with Crippen LogP contribution in [0.5, 0.6) is 0 Å². The number of primary amides is 1. The first-order valence-corrected chi connectivity index (χ1v) is 7.33. The molecule has 0 aromatic rings. The molecular weight excluding hydrogens is 315 g/mol. The number of hydrogen-bond donors (Lipinski definition) is 1. The van der Waals surface area contributed by atoms with Crippen molar-refractivity contribution < 1.29 is 23.1 Å². The van der Waals surface area contributed by atoms with E-state index in [9.17, 15) is 9.36 Å². The number of alkyl halides is 3. The summed E-state index contributed by atoms with van der Waals surface area (Å²) in [6, 6.07) is 0. The first-order valence-electron chi connectivity index (χ1n) is 4.59. The van der Waals surface area contributed by atoms with Crippen LogP contribution in [0.4, 0.5) is 4.79 Å². The number of nitrogens with two attached hydrogens (primary N) is 1. The second-order valence-corrected chi connectivity index (χ2v) is 7.14. The third kappa shape index (κ3) is 5.64. The van der Waals surface area contributed by atoms with Crippen molar-refractivity contribution >= 4 is 48.5 Å². The molecule has 102 valence electrons. The highest BCUT2D eigenvalue weighted by Crippen LogP contribution is 2.60. The second kappa shape index (κ2) is 7.02. The molecule has 1 atom stereocenters. The number of rotatable bonds is 6. The van der Waals surface area contributed by atoms with Crippen LogP contribution < -0.4 is 5.73 Å². The number of ether oxygens (including phenoxy) is 1. The fourth-order valence-electron chi connectivity index (χ4n) is 0.953. The molecule has 0 fully saturated rings. The minimum absolute atomic E-state index is 0.0245. The standard InChI is InChI=1S/C7H13Cl3NO5P/c1-3-14-17(13,15-4-2)5(7(8,9)10)16-6(11)12/h5H,3-4H2,1-2H3,(H2,11,12). The average Bonchev–Trinajstić information content (AvgIpc) is 2.13. The maximum absolute atomic E-state index is 12.3. The molecule has 0 rings (SSSR count). The normalized spacial score (nSPS) is 14.4. The van der Waals surface area contributed by atoms with Gasteiger partial charge in [0.2, 0.25) is 3.79 Å². The maximum Gasteiger partial charge on any atom is 0.405 e. The van der Waals surface area contributed by atoms with Crippen molar-refractivity contribution in [1.82, 2.24) is 0 Å². The predicted octanol–water partition coefficient (Wildman–Crippen LogP) is 3.04. The molecule has 0 saturated heterocycles. The Morgan fingerprint density at radius 2 is 1.71 bits per heavy atom. The zero-order valence-corrected chi connectivity index (χ0v) is 12.4. The number of halogens is 3. The molecule has 0 aromatic heterocycles. The van der Waals surface area contributed by atoms with Crippen LogP contribution in [0.25, 0.3) is 0 Å². The lowest BCUT2D eigenvalue weighted by atomic mass is 10.8. The van der Waals surface area contributed by atoms with Crippen LogP contribution in [0.3, 0.4) is 0 Å². The lowest BCUT2D eigenvalue weighted by Gasteiger charge is -2.29. The predicted molar refractivity (Wildman–Crippen MR) is 65.6 cm³/mol. The van der Waals surface area contributed by atoms with E-state index in [1.807, 2.05) is 0 Å². The van der Waals surface area contributed by atoms with Crippen LogP contribution in [0.2, 0.25) is 0 Å². The Morgan fingerprint density at radius 3 is 1.94 bits per heavy atom. The van der Waals surface area contributed by atoms with Crippen LogP contribution in [-0.4, -0.2) is 28.9 Å². The van der Waals surface area contributed by atoms with Crippen LogP contribution in [-0.2, 0) is 18.3 Å². The minimum atomic E-state index is -3.92. The molecule has 1 unspecified atom stereocenters. The van der Waals surface area contributed by atoms with E-state index in [4.69, 9.17) is 49.6 Å². The fraction of sp³-hybridized carbons (Fsp3) is 0.857. The van der Waals surface area contributed by atoms with Gasteiger partial charge >= 0.3 is 13.7 Å². The van der Waals surface area contributed by atoms with Crippen LogP contribution >= 0.6 is 42.4 Å². The van der Waals surface area contributed by atoms with Crippen molar-refractivity contribution in [3.05, 3.63) is 0 Å². The molecule has 0 aliphatic heterocycles. The largest absolute Gasteiger partial charge is 0.429 e. The van der Waals surface area contributed by atoms with Gasteiger partial charge in [-0.15, -0.1) is 0 Å². The van der Waals surface area contributed by atoms with Crippen LogP contribution in [0, 0.1) is 0 Å². The summed E-state index contributed by atoms with van der Waals surface area (Å²) in [6.07, 6.45) is -1.25.